The maximum absolute atomic E-state index is 12.8. The summed E-state index contributed by atoms with van der Waals surface area (Å²) in [7, 11) is 1.66. The van der Waals surface area contributed by atoms with Crippen LogP contribution in [0.2, 0.25) is 0 Å². The van der Waals surface area contributed by atoms with Crippen LogP contribution < -0.4 is 0 Å². The van der Waals surface area contributed by atoms with E-state index in [9.17, 15) is 9.59 Å². The van der Waals surface area contributed by atoms with Gasteiger partial charge in [0, 0.05) is 33.8 Å². The van der Waals surface area contributed by atoms with Gasteiger partial charge in [0.2, 0.25) is 5.78 Å². The van der Waals surface area contributed by atoms with Gasteiger partial charge >= 0.3 is 5.97 Å². The average Bonchev–Trinajstić information content (AvgIpc) is 3.46. The lowest BCUT2D eigenvalue weighted by Gasteiger charge is -2.17. The molecule has 0 fully saturated rings. The lowest BCUT2D eigenvalue weighted by molar-refractivity contribution is -0.135. The molecule has 0 unspecified atom stereocenters. The predicted molar refractivity (Wildman–Crippen MR) is 122 cm³/mol. The first-order valence-corrected chi connectivity index (χ1v) is 11.3. The zero-order valence-corrected chi connectivity index (χ0v) is 19.1. The summed E-state index contributed by atoms with van der Waals surface area (Å²) in [5, 5.41) is 3.86. The van der Waals surface area contributed by atoms with Gasteiger partial charge in [-0.25, -0.2) is 4.79 Å². The highest BCUT2D eigenvalue weighted by Gasteiger charge is 2.21. The number of esters is 1. The number of ketones is 1. The third kappa shape index (κ3) is 4.98. The van der Waals surface area contributed by atoms with Gasteiger partial charge in [-0.1, -0.05) is 12.1 Å². The van der Waals surface area contributed by atoms with E-state index in [1.807, 2.05) is 67.9 Å². The molecule has 158 valence electrons. The Kier molecular flexibility index (Phi) is 7.42. The molecule has 0 aliphatic heterocycles. The van der Waals surface area contributed by atoms with Gasteiger partial charge < -0.3 is 14.0 Å². The maximum Gasteiger partial charge on any atom is 0.340 e. The summed E-state index contributed by atoms with van der Waals surface area (Å²) in [6.07, 6.45) is 1.81. The van der Waals surface area contributed by atoms with Crippen molar-refractivity contribution < 1.29 is 19.1 Å². The largest absolute Gasteiger partial charge is 0.454 e. The first-order valence-electron chi connectivity index (χ1n) is 9.59. The highest BCUT2D eigenvalue weighted by Crippen LogP contribution is 2.26. The minimum Gasteiger partial charge on any atom is -0.454 e. The minimum atomic E-state index is -0.499. The van der Waals surface area contributed by atoms with E-state index in [2.05, 4.69) is 4.57 Å². The summed E-state index contributed by atoms with van der Waals surface area (Å²) < 4.78 is 12.7. The molecular formula is C23H25NO4S2. The number of Topliss-reactive ketones (excluding diaryl/α,β-unsaturated/α-hetero) is 1. The number of aromatic nitrogens is 1. The zero-order valence-electron chi connectivity index (χ0n) is 17.5. The van der Waals surface area contributed by atoms with Crippen LogP contribution in [0, 0.1) is 13.8 Å². The molecule has 0 amide bonds. The van der Waals surface area contributed by atoms with Crippen LogP contribution in [-0.4, -0.2) is 36.6 Å². The van der Waals surface area contributed by atoms with Crippen molar-refractivity contribution in [2.75, 3.05) is 20.3 Å². The molecule has 3 aromatic heterocycles. The summed E-state index contributed by atoms with van der Waals surface area (Å²) in [6, 6.07) is 9.58. The molecule has 7 heteroatoms. The molecule has 0 spiro atoms. The molecule has 0 saturated heterocycles. The molecule has 3 heterocycles. The number of methoxy groups -OCH3 is 1. The van der Waals surface area contributed by atoms with E-state index < -0.39 is 5.97 Å². The van der Waals surface area contributed by atoms with E-state index in [1.54, 1.807) is 18.4 Å². The van der Waals surface area contributed by atoms with Crippen molar-refractivity contribution in [3.8, 4) is 0 Å². The van der Waals surface area contributed by atoms with Crippen molar-refractivity contribution in [2.24, 2.45) is 0 Å². The van der Waals surface area contributed by atoms with Crippen molar-refractivity contribution in [1.29, 1.82) is 0 Å². The van der Waals surface area contributed by atoms with Gasteiger partial charge in [0.25, 0.3) is 0 Å². The summed E-state index contributed by atoms with van der Waals surface area (Å²) in [6.45, 7) is 6.16. The highest BCUT2D eigenvalue weighted by molar-refractivity contribution is 7.12. The van der Waals surface area contributed by atoms with E-state index >= 15 is 0 Å². The Morgan fingerprint density at radius 1 is 1.17 bits per heavy atom. The second kappa shape index (κ2) is 10.0. The molecule has 1 atom stereocenters. The van der Waals surface area contributed by atoms with E-state index in [0.29, 0.717) is 17.7 Å². The van der Waals surface area contributed by atoms with Crippen LogP contribution in [0.1, 0.15) is 44.5 Å². The van der Waals surface area contributed by atoms with Crippen LogP contribution in [0.25, 0.3) is 11.6 Å². The molecule has 0 N–H and O–H groups in total. The summed E-state index contributed by atoms with van der Waals surface area (Å²) >= 11 is 3.00. The van der Waals surface area contributed by atoms with Gasteiger partial charge in [-0.2, -0.15) is 0 Å². The quantitative estimate of drug-likeness (QED) is 0.252. The van der Waals surface area contributed by atoms with Crippen molar-refractivity contribution >= 4 is 46.1 Å². The third-order valence-corrected chi connectivity index (χ3v) is 6.53. The van der Waals surface area contributed by atoms with Crippen LogP contribution >= 0.6 is 22.7 Å². The Labute approximate surface area is 184 Å². The topological polar surface area (TPSA) is 57.5 Å². The number of aryl methyl sites for hydroxylation is 1. The lowest BCUT2D eigenvalue weighted by atomic mass is 10.1. The Bertz CT molecular complexity index is 1030. The molecule has 0 saturated carbocycles. The van der Waals surface area contributed by atoms with Gasteiger partial charge in [-0.3, -0.25) is 4.79 Å². The van der Waals surface area contributed by atoms with Crippen molar-refractivity contribution in [1.82, 2.24) is 4.57 Å². The Morgan fingerprint density at radius 2 is 1.90 bits per heavy atom. The number of rotatable bonds is 9. The van der Waals surface area contributed by atoms with Gasteiger partial charge in [0.1, 0.15) is 0 Å². The fourth-order valence-electron chi connectivity index (χ4n) is 3.52. The first-order chi connectivity index (χ1) is 14.4. The van der Waals surface area contributed by atoms with Crippen LogP contribution in [0.3, 0.4) is 0 Å². The first kappa shape index (κ1) is 22.2. The van der Waals surface area contributed by atoms with Crippen LogP contribution in [0.4, 0.5) is 0 Å². The van der Waals surface area contributed by atoms with Crippen LogP contribution in [-0.2, 0) is 14.3 Å². The molecule has 3 rings (SSSR count). The van der Waals surface area contributed by atoms with Crippen molar-refractivity contribution in [2.45, 2.75) is 26.8 Å². The van der Waals surface area contributed by atoms with E-state index in [0.717, 1.165) is 21.1 Å². The zero-order chi connectivity index (χ0) is 21.7. The maximum atomic E-state index is 12.8. The molecule has 0 aliphatic carbocycles. The second-order valence-corrected chi connectivity index (χ2v) is 8.94. The monoisotopic (exact) mass is 443 g/mol. The molecule has 30 heavy (non-hydrogen) atoms. The summed E-state index contributed by atoms with van der Waals surface area (Å²) in [5.74, 6) is -0.713. The van der Waals surface area contributed by atoms with Gasteiger partial charge in [0.05, 0.1) is 18.2 Å². The number of carbonyl (C=O) groups is 2. The smallest absolute Gasteiger partial charge is 0.340 e. The molecule has 5 nitrogen and oxygen atoms in total. The van der Waals surface area contributed by atoms with E-state index in [4.69, 9.17) is 9.47 Å². The number of nitrogens with zero attached hydrogens (tertiary/aromatic N) is 1. The fraction of sp³-hybridized carbons (Fsp3) is 0.304. The molecule has 3 aromatic rings. The molecule has 0 aromatic carbocycles. The predicted octanol–water partition coefficient (Wildman–Crippen LogP) is 5.40. The normalized spacial score (nSPS) is 12.7. The van der Waals surface area contributed by atoms with Crippen molar-refractivity contribution in [3.05, 3.63) is 67.8 Å². The third-order valence-electron chi connectivity index (χ3n) is 4.80. The molecular weight excluding hydrogens is 418 g/mol. The summed E-state index contributed by atoms with van der Waals surface area (Å²) in [4.78, 5) is 27.4. The standard InChI is InChI=1S/C23H25NO4S2/c1-15-11-19(17(3)24(15)16(2)13-27-4)21(25)14-28-23(26)20(22-8-6-10-30-22)12-18-7-5-9-29-18/h5-12,16H,13-14H2,1-4H3/b20-12+/t16-/m1/s1. The summed E-state index contributed by atoms with van der Waals surface area (Å²) in [5.41, 5.74) is 2.86. The number of carbonyl (C=O) groups excluding carboxylic acids is 2. The van der Waals surface area contributed by atoms with Gasteiger partial charge in [0.15, 0.2) is 6.61 Å². The van der Waals surface area contributed by atoms with Crippen LogP contribution in [0.15, 0.2) is 41.1 Å². The number of thiophene rings is 2. The van der Waals surface area contributed by atoms with Crippen molar-refractivity contribution in [3.63, 3.8) is 0 Å². The van der Waals surface area contributed by atoms with E-state index in [-0.39, 0.29) is 18.4 Å². The molecule has 0 bridgehead atoms. The highest BCUT2D eigenvalue weighted by atomic mass is 32.1. The molecule has 0 radical (unpaired) electrons. The minimum absolute atomic E-state index is 0.110. The number of hydrogen-bond acceptors (Lipinski definition) is 6. The van der Waals surface area contributed by atoms with Gasteiger partial charge in [-0.05, 0) is 55.8 Å². The Morgan fingerprint density at radius 3 is 2.53 bits per heavy atom. The van der Waals surface area contributed by atoms with Gasteiger partial charge in [-0.15, -0.1) is 22.7 Å². The second-order valence-electron chi connectivity index (χ2n) is 7.01. The fourth-order valence-corrected chi connectivity index (χ4v) is 4.91. The Hall–Kier alpha value is -2.48. The number of ether oxygens (including phenoxy) is 2. The molecule has 0 aliphatic rings. The SMILES string of the molecule is COC[C@@H](C)n1c(C)cc(C(=O)COC(=O)/C(=C/c2cccs2)c2cccs2)c1C. The number of hydrogen-bond donors (Lipinski definition) is 0. The van der Waals surface area contributed by atoms with Crippen LogP contribution in [0.5, 0.6) is 0 Å². The van der Waals surface area contributed by atoms with E-state index in [1.165, 1.54) is 11.3 Å². The average molecular weight is 444 g/mol. The Balaban J connectivity index is 1.75. The lowest BCUT2D eigenvalue weighted by Crippen LogP contribution is -2.17.